The predicted molar refractivity (Wildman–Crippen MR) is 128 cm³/mol. The smallest absolute Gasteiger partial charge is 0.254 e. The number of rotatable bonds is 5. The molecule has 1 atom stereocenters. The fourth-order valence-electron chi connectivity index (χ4n) is 4.57. The van der Waals surface area contributed by atoms with Crippen LogP contribution in [-0.2, 0) is 17.7 Å². The first-order valence-corrected chi connectivity index (χ1v) is 11.4. The number of carbonyl (C=O) groups excluding carboxylic acids is 1. The number of hydrogen-bond donors (Lipinski definition) is 0. The van der Waals surface area contributed by atoms with Crippen LogP contribution in [0.15, 0.2) is 73.3 Å². The Hall–Kier alpha value is -3.51. The largest absolute Gasteiger partial charge is 0.379 e. The van der Waals surface area contributed by atoms with Gasteiger partial charge in [-0.25, -0.2) is 4.98 Å². The molecule has 0 spiro atoms. The summed E-state index contributed by atoms with van der Waals surface area (Å²) >= 11 is 0. The van der Waals surface area contributed by atoms with Crippen molar-refractivity contribution in [2.24, 2.45) is 5.92 Å². The van der Waals surface area contributed by atoms with E-state index in [4.69, 9.17) is 4.74 Å². The highest BCUT2D eigenvalue weighted by molar-refractivity contribution is 5.95. The third-order valence-electron chi connectivity index (χ3n) is 6.37. The van der Waals surface area contributed by atoms with Crippen LogP contribution in [0.5, 0.6) is 0 Å². The fraction of sp³-hybridized carbons (Fsp3) is 0.296. The summed E-state index contributed by atoms with van der Waals surface area (Å²) in [6.07, 6.45) is 8.32. The summed E-state index contributed by atoms with van der Waals surface area (Å²) in [7, 11) is 0. The summed E-state index contributed by atoms with van der Waals surface area (Å²) in [5.41, 5.74) is 3.02. The molecule has 0 N–H and O–H groups in total. The number of amides is 1. The minimum Gasteiger partial charge on any atom is -0.379 e. The molecule has 4 aromatic rings. The van der Waals surface area contributed by atoms with Crippen molar-refractivity contribution in [1.29, 1.82) is 0 Å². The molecule has 1 aliphatic heterocycles. The topological polar surface area (TPSA) is 60.2 Å². The summed E-state index contributed by atoms with van der Waals surface area (Å²) in [4.78, 5) is 24.1. The number of imidazole rings is 1. The normalized spacial score (nSPS) is 16.6. The Morgan fingerprint density at radius 1 is 1.12 bits per heavy atom. The zero-order chi connectivity index (χ0) is 22.6. The lowest BCUT2D eigenvalue weighted by atomic mass is 9.97. The van der Waals surface area contributed by atoms with E-state index >= 15 is 0 Å². The van der Waals surface area contributed by atoms with Gasteiger partial charge in [-0.05, 0) is 42.0 Å². The van der Waals surface area contributed by atoms with Crippen LogP contribution in [0.1, 0.15) is 27.3 Å². The van der Waals surface area contributed by atoms with E-state index in [1.807, 2.05) is 60.7 Å². The van der Waals surface area contributed by atoms with Gasteiger partial charge >= 0.3 is 0 Å². The maximum absolute atomic E-state index is 13.6. The molecule has 0 aliphatic carbocycles. The van der Waals surface area contributed by atoms with Crippen molar-refractivity contribution in [3.8, 4) is 0 Å². The number of carbonyl (C=O) groups is 1. The van der Waals surface area contributed by atoms with Gasteiger partial charge in [0, 0.05) is 61.3 Å². The quantitative estimate of drug-likeness (QED) is 0.468. The lowest BCUT2D eigenvalue weighted by molar-refractivity contribution is 0.0736. The van der Waals surface area contributed by atoms with Gasteiger partial charge in [-0.2, -0.15) is 0 Å². The van der Waals surface area contributed by atoms with Gasteiger partial charge in [-0.3, -0.25) is 9.78 Å². The molecule has 1 amide bonds. The maximum atomic E-state index is 13.6. The molecular formula is C27H28N4O2. The van der Waals surface area contributed by atoms with E-state index in [-0.39, 0.29) is 11.8 Å². The molecule has 1 fully saturated rings. The van der Waals surface area contributed by atoms with Gasteiger partial charge in [0.1, 0.15) is 5.82 Å². The Balaban J connectivity index is 1.33. The molecule has 2 aromatic carbocycles. The van der Waals surface area contributed by atoms with Gasteiger partial charge in [0.15, 0.2) is 0 Å². The van der Waals surface area contributed by atoms with Crippen LogP contribution in [0, 0.1) is 12.8 Å². The van der Waals surface area contributed by atoms with Gasteiger partial charge in [0.05, 0.1) is 13.2 Å². The zero-order valence-electron chi connectivity index (χ0n) is 18.9. The van der Waals surface area contributed by atoms with E-state index in [1.165, 1.54) is 10.9 Å². The highest BCUT2D eigenvalue weighted by Crippen LogP contribution is 2.21. The van der Waals surface area contributed by atoms with E-state index in [1.54, 1.807) is 6.20 Å². The third kappa shape index (κ3) is 4.81. The fourth-order valence-corrected chi connectivity index (χ4v) is 4.57. The van der Waals surface area contributed by atoms with Crippen molar-refractivity contribution in [2.75, 3.05) is 26.3 Å². The lowest BCUT2D eigenvalue weighted by Gasteiger charge is -2.25. The van der Waals surface area contributed by atoms with Gasteiger partial charge < -0.3 is 14.2 Å². The van der Waals surface area contributed by atoms with E-state index in [9.17, 15) is 4.79 Å². The molecule has 6 nitrogen and oxygen atoms in total. The summed E-state index contributed by atoms with van der Waals surface area (Å²) in [6.45, 7) is 5.13. The van der Waals surface area contributed by atoms with Crippen molar-refractivity contribution >= 4 is 16.7 Å². The minimum absolute atomic E-state index is 0.0726. The second kappa shape index (κ2) is 9.55. The molecule has 33 heavy (non-hydrogen) atoms. The van der Waals surface area contributed by atoms with E-state index in [2.05, 4.69) is 32.7 Å². The van der Waals surface area contributed by atoms with Crippen molar-refractivity contribution < 1.29 is 9.53 Å². The zero-order valence-corrected chi connectivity index (χ0v) is 18.9. The number of pyridine rings is 1. The molecule has 1 aliphatic rings. The second-order valence-corrected chi connectivity index (χ2v) is 8.71. The Kier molecular flexibility index (Phi) is 6.17. The first-order chi connectivity index (χ1) is 16.2. The first kappa shape index (κ1) is 21.3. The molecule has 2 aromatic heterocycles. The Morgan fingerprint density at radius 3 is 2.91 bits per heavy atom. The third-order valence-corrected chi connectivity index (χ3v) is 6.37. The molecular weight excluding hydrogens is 412 g/mol. The Labute approximate surface area is 193 Å². The summed E-state index contributed by atoms with van der Waals surface area (Å²) in [5, 5.41) is 2.33. The highest BCUT2D eigenvalue weighted by atomic mass is 16.5. The van der Waals surface area contributed by atoms with Gasteiger partial charge in [0.25, 0.3) is 5.91 Å². The number of fused-ring (bicyclic) bond motifs is 1. The molecule has 1 saturated heterocycles. The number of aryl methyl sites for hydroxylation is 1. The number of ether oxygens (including phenoxy) is 1. The lowest BCUT2D eigenvalue weighted by Crippen LogP contribution is -2.37. The van der Waals surface area contributed by atoms with Crippen LogP contribution in [0.2, 0.25) is 0 Å². The van der Waals surface area contributed by atoms with Crippen LogP contribution in [0.25, 0.3) is 10.8 Å². The summed E-state index contributed by atoms with van der Waals surface area (Å²) in [5.74, 6) is 1.26. The monoisotopic (exact) mass is 440 g/mol. The van der Waals surface area contributed by atoms with Crippen molar-refractivity contribution in [1.82, 2.24) is 19.4 Å². The predicted octanol–water partition coefficient (Wildman–Crippen LogP) is 4.12. The Morgan fingerprint density at radius 2 is 2.03 bits per heavy atom. The maximum Gasteiger partial charge on any atom is 0.254 e. The molecule has 0 bridgehead atoms. The van der Waals surface area contributed by atoms with E-state index < -0.39 is 0 Å². The van der Waals surface area contributed by atoms with E-state index in [0.717, 1.165) is 28.8 Å². The number of aromatic nitrogens is 3. The van der Waals surface area contributed by atoms with Crippen LogP contribution in [0.3, 0.4) is 0 Å². The molecule has 1 unspecified atom stereocenters. The highest BCUT2D eigenvalue weighted by Gasteiger charge is 2.25. The number of hydrogen-bond acceptors (Lipinski definition) is 4. The van der Waals surface area contributed by atoms with Crippen LogP contribution >= 0.6 is 0 Å². The molecule has 0 radical (unpaired) electrons. The van der Waals surface area contributed by atoms with Gasteiger partial charge in [-0.15, -0.1) is 0 Å². The summed E-state index contributed by atoms with van der Waals surface area (Å²) in [6, 6.07) is 16.4. The van der Waals surface area contributed by atoms with Gasteiger partial charge in [-0.1, -0.05) is 36.4 Å². The van der Waals surface area contributed by atoms with Crippen molar-refractivity contribution in [3.05, 3.63) is 95.8 Å². The van der Waals surface area contributed by atoms with Crippen molar-refractivity contribution in [3.63, 3.8) is 0 Å². The van der Waals surface area contributed by atoms with Gasteiger partial charge in [0.2, 0.25) is 0 Å². The second-order valence-electron chi connectivity index (χ2n) is 8.71. The number of nitrogens with zero attached hydrogens (tertiary/aromatic N) is 4. The molecule has 0 saturated carbocycles. The average molecular weight is 441 g/mol. The summed E-state index contributed by atoms with van der Waals surface area (Å²) < 4.78 is 7.96. The number of benzene rings is 2. The van der Waals surface area contributed by atoms with Crippen LogP contribution in [0.4, 0.5) is 0 Å². The van der Waals surface area contributed by atoms with E-state index in [0.29, 0.717) is 32.8 Å². The SMILES string of the molecule is Cc1nccn1Cc1ccccc1C(=O)N1CCOCC(Cc2ccc3cnccc3c2)C1. The molecule has 3 heterocycles. The van der Waals surface area contributed by atoms with Crippen LogP contribution in [-0.4, -0.2) is 51.6 Å². The minimum atomic E-state index is 0.0726. The van der Waals surface area contributed by atoms with Crippen molar-refractivity contribution in [2.45, 2.75) is 19.9 Å². The molecule has 168 valence electrons. The molecule has 6 heteroatoms. The molecule has 5 rings (SSSR count). The standard InChI is InChI=1S/C27H28N4O2/c1-20-29-10-11-30(20)18-25-4-2-3-5-26(25)27(32)31-12-13-33-19-22(17-31)14-21-6-7-24-16-28-9-8-23(24)15-21/h2-11,15-16,22H,12-14,17-19H2,1H3. The Bertz CT molecular complexity index is 1270. The van der Waals surface area contributed by atoms with Crippen LogP contribution < -0.4 is 0 Å². The first-order valence-electron chi connectivity index (χ1n) is 11.4. The average Bonchev–Trinajstić information content (AvgIpc) is 3.10.